The number of nitrogens with zero attached hydrogens (tertiary/aromatic N) is 2. The number of rotatable bonds is 5. The van der Waals surface area contributed by atoms with E-state index in [-0.39, 0.29) is 5.97 Å². The molecule has 30 heavy (non-hydrogen) atoms. The molecular weight excluding hydrogens is 378 g/mol. The van der Waals surface area contributed by atoms with Gasteiger partial charge in [0.25, 0.3) is 0 Å². The summed E-state index contributed by atoms with van der Waals surface area (Å²) in [7, 11) is 0. The van der Waals surface area contributed by atoms with Crippen LogP contribution in [0, 0.1) is 0 Å². The highest BCUT2D eigenvalue weighted by Gasteiger charge is 2.31. The second kappa shape index (κ2) is 9.41. The first-order chi connectivity index (χ1) is 14.8. The smallest absolute Gasteiger partial charge is 0.344 e. The maximum atomic E-state index is 13.4. The van der Waals surface area contributed by atoms with Gasteiger partial charge < -0.3 is 20.2 Å². The topological polar surface area (TPSA) is 77.1 Å². The number of benzene rings is 2. The molecule has 0 radical (unpaired) electrons. The van der Waals surface area contributed by atoms with Crippen LogP contribution in [-0.2, 0) is 9.53 Å². The lowest BCUT2D eigenvalue weighted by Crippen LogP contribution is -2.36. The number of ether oxygens (including phenoxy) is 2. The van der Waals surface area contributed by atoms with Crippen LogP contribution in [0.2, 0.25) is 0 Å². The maximum absolute atomic E-state index is 13.4. The molecule has 1 aliphatic carbocycles. The second-order valence-corrected chi connectivity index (χ2v) is 7.17. The summed E-state index contributed by atoms with van der Waals surface area (Å²) in [6.45, 7) is 2.82. The molecule has 2 N–H and O–H groups in total. The molecule has 4 rings (SSSR count). The predicted molar refractivity (Wildman–Crippen MR) is 117 cm³/mol. The van der Waals surface area contributed by atoms with Gasteiger partial charge in [0, 0.05) is 18.8 Å². The van der Waals surface area contributed by atoms with Crippen molar-refractivity contribution in [3.8, 4) is 5.75 Å². The van der Waals surface area contributed by atoms with Crippen molar-refractivity contribution in [3.05, 3.63) is 83.1 Å². The first-order valence-corrected chi connectivity index (χ1v) is 10.1. The van der Waals surface area contributed by atoms with Crippen LogP contribution in [-0.4, -0.2) is 43.4 Å². The van der Waals surface area contributed by atoms with Crippen LogP contribution in [0.5, 0.6) is 5.75 Å². The molecule has 2 aliphatic rings. The molecule has 0 spiro atoms. The van der Waals surface area contributed by atoms with Crippen LogP contribution in [0.4, 0.5) is 0 Å². The van der Waals surface area contributed by atoms with Crippen molar-refractivity contribution in [3.63, 3.8) is 0 Å². The Hall–Kier alpha value is -3.38. The lowest BCUT2D eigenvalue weighted by Gasteiger charge is -2.32. The summed E-state index contributed by atoms with van der Waals surface area (Å²) in [6.07, 6.45) is 3.20. The third-order valence-electron chi connectivity index (χ3n) is 5.31. The Morgan fingerprint density at radius 1 is 1.00 bits per heavy atom. The van der Waals surface area contributed by atoms with Crippen LogP contribution in [0.1, 0.15) is 18.4 Å². The van der Waals surface area contributed by atoms with E-state index in [1.807, 2.05) is 48.5 Å². The molecule has 154 valence electrons. The Kier molecular flexibility index (Phi) is 6.25. The van der Waals surface area contributed by atoms with E-state index in [1.165, 1.54) is 0 Å². The molecule has 2 aromatic rings. The number of esters is 1. The monoisotopic (exact) mass is 403 g/mol. The minimum absolute atomic E-state index is 0.362. The van der Waals surface area contributed by atoms with E-state index in [4.69, 9.17) is 15.3 Å². The first-order valence-electron chi connectivity index (χ1n) is 10.1. The SMILES string of the molecule is N/N=C/C1=C(N2CCOCC2)C(=C(\C(=O)Oc2ccccc2)c2ccccc2)/CC1. The summed E-state index contributed by atoms with van der Waals surface area (Å²) in [4.78, 5) is 15.7. The number of carbonyl (C=O) groups excluding carboxylic acids is 1. The molecular formula is C24H25N3O3. The van der Waals surface area contributed by atoms with Crippen LogP contribution in [0.3, 0.4) is 0 Å². The molecule has 1 fully saturated rings. The van der Waals surface area contributed by atoms with Gasteiger partial charge in [-0.05, 0) is 41.7 Å². The minimum Gasteiger partial charge on any atom is -0.423 e. The van der Waals surface area contributed by atoms with Gasteiger partial charge in [-0.25, -0.2) is 4.79 Å². The van der Waals surface area contributed by atoms with E-state index in [0.29, 0.717) is 24.5 Å². The van der Waals surface area contributed by atoms with Crippen molar-refractivity contribution in [2.75, 3.05) is 26.3 Å². The third-order valence-corrected chi connectivity index (χ3v) is 5.31. The summed E-state index contributed by atoms with van der Waals surface area (Å²) in [5, 5.41) is 3.76. The van der Waals surface area contributed by atoms with Crippen LogP contribution in [0.25, 0.3) is 5.57 Å². The predicted octanol–water partition coefficient (Wildman–Crippen LogP) is 3.37. The largest absolute Gasteiger partial charge is 0.423 e. The lowest BCUT2D eigenvalue weighted by atomic mass is 9.97. The number of hydrazone groups is 1. The molecule has 0 unspecified atom stereocenters. The number of allylic oxidation sites excluding steroid dienone is 2. The van der Waals surface area contributed by atoms with Crippen molar-refractivity contribution in [1.82, 2.24) is 4.90 Å². The van der Waals surface area contributed by atoms with Crippen LogP contribution in [0.15, 0.2) is 82.6 Å². The Balaban J connectivity index is 1.82. The van der Waals surface area contributed by atoms with Gasteiger partial charge >= 0.3 is 5.97 Å². The van der Waals surface area contributed by atoms with Crippen molar-refractivity contribution < 1.29 is 14.3 Å². The average Bonchev–Trinajstić information content (AvgIpc) is 3.19. The highest BCUT2D eigenvalue weighted by molar-refractivity contribution is 6.19. The first kappa shape index (κ1) is 19.9. The zero-order chi connectivity index (χ0) is 20.8. The summed E-state index contributed by atoms with van der Waals surface area (Å²) < 4.78 is 11.3. The molecule has 1 saturated heterocycles. The van der Waals surface area contributed by atoms with E-state index in [1.54, 1.807) is 18.3 Å². The second-order valence-electron chi connectivity index (χ2n) is 7.17. The maximum Gasteiger partial charge on any atom is 0.344 e. The highest BCUT2D eigenvalue weighted by atomic mass is 16.5. The molecule has 0 bridgehead atoms. The van der Waals surface area contributed by atoms with Gasteiger partial charge in [0.05, 0.1) is 25.0 Å². The van der Waals surface area contributed by atoms with Crippen molar-refractivity contribution >= 4 is 17.8 Å². The van der Waals surface area contributed by atoms with E-state index < -0.39 is 0 Å². The molecule has 6 heteroatoms. The van der Waals surface area contributed by atoms with Crippen LogP contribution >= 0.6 is 0 Å². The van der Waals surface area contributed by atoms with Crippen LogP contribution < -0.4 is 10.6 Å². The van der Waals surface area contributed by atoms with E-state index in [2.05, 4.69) is 10.0 Å². The Bertz CT molecular complexity index is 975. The Labute approximate surface area is 176 Å². The lowest BCUT2D eigenvalue weighted by molar-refractivity contribution is -0.128. The zero-order valence-electron chi connectivity index (χ0n) is 16.8. The third kappa shape index (κ3) is 4.28. The molecule has 1 aliphatic heterocycles. The Morgan fingerprint density at radius 3 is 2.33 bits per heavy atom. The molecule has 0 saturated carbocycles. The van der Waals surface area contributed by atoms with Gasteiger partial charge in [-0.2, -0.15) is 5.10 Å². The molecule has 2 aromatic carbocycles. The standard InChI is InChI=1S/C24H25N3O3/c25-26-17-19-11-12-21(23(19)27-13-15-29-16-14-27)22(18-7-3-1-4-8-18)24(28)30-20-9-5-2-6-10-20/h1-10,17H,11-16,25H2/b22-21-,26-17+. The quantitative estimate of drug-likeness (QED) is 0.207. The number of para-hydroxylation sites is 1. The fraction of sp³-hybridized carbons (Fsp3) is 0.250. The van der Waals surface area contributed by atoms with E-state index in [0.717, 1.165) is 48.3 Å². The van der Waals surface area contributed by atoms with Gasteiger partial charge in [0.15, 0.2) is 0 Å². The summed E-state index contributed by atoms with van der Waals surface area (Å²) >= 11 is 0. The molecule has 1 heterocycles. The number of hydrogen-bond donors (Lipinski definition) is 1. The zero-order valence-corrected chi connectivity index (χ0v) is 16.8. The summed E-state index contributed by atoms with van der Waals surface area (Å²) in [5.74, 6) is 5.64. The normalized spacial score (nSPS) is 18.7. The van der Waals surface area contributed by atoms with Gasteiger partial charge in [-0.3, -0.25) is 0 Å². The fourth-order valence-corrected chi connectivity index (χ4v) is 4.00. The van der Waals surface area contributed by atoms with Gasteiger partial charge in [0.2, 0.25) is 0 Å². The summed E-state index contributed by atoms with van der Waals surface area (Å²) in [5.41, 5.74) is 4.46. The van der Waals surface area contributed by atoms with Gasteiger partial charge in [0.1, 0.15) is 5.75 Å². The van der Waals surface area contributed by atoms with E-state index >= 15 is 0 Å². The van der Waals surface area contributed by atoms with Gasteiger partial charge in [-0.1, -0.05) is 48.5 Å². The van der Waals surface area contributed by atoms with Crippen molar-refractivity contribution in [2.24, 2.45) is 10.9 Å². The number of carbonyl (C=O) groups is 1. The minimum atomic E-state index is -0.362. The molecule has 0 amide bonds. The average molecular weight is 403 g/mol. The summed E-state index contributed by atoms with van der Waals surface area (Å²) in [6, 6.07) is 18.8. The highest BCUT2D eigenvalue weighted by Crippen LogP contribution is 2.39. The number of morpholine rings is 1. The Morgan fingerprint density at radius 2 is 1.67 bits per heavy atom. The molecule has 0 atom stereocenters. The number of hydrogen-bond acceptors (Lipinski definition) is 6. The number of nitrogens with two attached hydrogens (primary N) is 1. The van der Waals surface area contributed by atoms with Crippen molar-refractivity contribution in [2.45, 2.75) is 12.8 Å². The molecule has 0 aromatic heterocycles. The van der Waals surface area contributed by atoms with Crippen molar-refractivity contribution in [1.29, 1.82) is 0 Å². The van der Waals surface area contributed by atoms with Gasteiger partial charge in [-0.15, -0.1) is 0 Å². The fourth-order valence-electron chi connectivity index (χ4n) is 4.00. The molecule has 6 nitrogen and oxygen atoms in total. The van der Waals surface area contributed by atoms with E-state index in [9.17, 15) is 4.79 Å².